The number of carbonyl (C=O) groups is 2. The Morgan fingerprint density at radius 1 is 0.864 bits per heavy atom. The van der Waals surface area contributed by atoms with Crippen LogP contribution in [0.25, 0.3) is 0 Å². The second-order valence-electron chi connectivity index (χ2n) is 5.01. The number of nitrogens with one attached hydrogen (secondary N) is 2. The van der Waals surface area contributed by atoms with Gasteiger partial charge in [-0.05, 0) is 6.07 Å². The summed E-state index contributed by atoms with van der Waals surface area (Å²) in [6.45, 7) is 0.900. The predicted molar refractivity (Wildman–Crippen MR) is 83.3 cm³/mol. The Hall–Kier alpha value is -2.50. The third-order valence-electron chi connectivity index (χ3n) is 3.64. The lowest BCUT2D eigenvalue weighted by Gasteiger charge is -2.20. The molecule has 0 saturated heterocycles. The molecule has 0 heterocycles. The van der Waals surface area contributed by atoms with Gasteiger partial charge in [0.2, 0.25) is 0 Å². The molecule has 0 amide bonds. The molecule has 0 aromatic heterocycles. The van der Waals surface area contributed by atoms with Crippen LogP contribution in [-0.2, 0) is 0 Å². The molecule has 22 heavy (non-hydrogen) atoms. The molecule has 3 N–H and O–H groups in total. The first-order valence-electron chi connectivity index (χ1n) is 7.11. The summed E-state index contributed by atoms with van der Waals surface area (Å²) in [5.41, 5.74) is 2.36. The van der Waals surface area contributed by atoms with E-state index in [0.29, 0.717) is 41.2 Å². The lowest BCUT2D eigenvalue weighted by atomic mass is 9.83. The van der Waals surface area contributed by atoms with Crippen LogP contribution in [0.2, 0.25) is 0 Å². The van der Waals surface area contributed by atoms with Gasteiger partial charge in [0.1, 0.15) is 0 Å². The van der Waals surface area contributed by atoms with E-state index < -0.39 is 0 Å². The van der Waals surface area contributed by atoms with E-state index in [4.69, 9.17) is 5.11 Å². The average molecular weight is 296 g/mol. The van der Waals surface area contributed by atoms with E-state index in [9.17, 15) is 9.59 Å². The van der Waals surface area contributed by atoms with Gasteiger partial charge in [-0.3, -0.25) is 14.9 Å². The van der Waals surface area contributed by atoms with Gasteiger partial charge in [0.25, 0.3) is 0 Å². The third kappa shape index (κ3) is 2.41. The SMILES string of the molecule is O=C1c2ccccc2C(=O)c2c(NCNCCO)cccc21. The maximum Gasteiger partial charge on any atom is 0.196 e. The van der Waals surface area contributed by atoms with Gasteiger partial charge in [-0.2, -0.15) is 0 Å². The van der Waals surface area contributed by atoms with E-state index in [1.165, 1.54) is 0 Å². The van der Waals surface area contributed by atoms with Crippen LogP contribution < -0.4 is 10.6 Å². The van der Waals surface area contributed by atoms with E-state index >= 15 is 0 Å². The summed E-state index contributed by atoms with van der Waals surface area (Å²) in [5, 5.41) is 14.8. The number of hydrogen-bond acceptors (Lipinski definition) is 5. The summed E-state index contributed by atoms with van der Waals surface area (Å²) < 4.78 is 0. The van der Waals surface area contributed by atoms with Gasteiger partial charge in [-0.25, -0.2) is 0 Å². The minimum atomic E-state index is -0.143. The van der Waals surface area contributed by atoms with Crippen molar-refractivity contribution in [3.05, 3.63) is 64.7 Å². The number of fused-ring (bicyclic) bond motifs is 2. The predicted octanol–water partition coefficient (Wildman–Crippen LogP) is 1.41. The van der Waals surface area contributed by atoms with Crippen LogP contribution >= 0.6 is 0 Å². The summed E-state index contributed by atoms with van der Waals surface area (Å²) >= 11 is 0. The molecular weight excluding hydrogens is 280 g/mol. The number of benzene rings is 2. The zero-order valence-corrected chi connectivity index (χ0v) is 11.9. The summed E-state index contributed by atoms with van der Waals surface area (Å²) in [6, 6.07) is 12.1. The molecule has 0 aliphatic heterocycles. The number of hydrogen-bond donors (Lipinski definition) is 3. The zero-order valence-electron chi connectivity index (χ0n) is 11.9. The van der Waals surface area contributed by atoms with Crippen molar-refractivity contribution in [3.63, 3.8) is 0 Å². The Bertz CT molecular complexity index is 740. The first-order valence-corrected chi connectivity index (χ1v) is 7.11. The highest BCUT2D eigenvalue weighted by Crippen LogP contribution is 2.31. The molecule has 5 nitrogen and oxygen atoms in total. The highest BCUT2D eigenvalue weighted by atomic mass is 16.3. The molecule has 2 aromatic carbocycles. The average Bonchev–Trinajstić information content (AvgIpc) is 2.56. The molecule has 1 aliphatic carbocycles. The van der Waals surface area contributed by atoms with Crippen molar-refractivity contribution < 1.29 is 14.7 Å². The molecule has 0 bridgehead atoms. The topological polar surface area (TPSA) is 78.4 Å². The Kier molecular flexibility index (Phi) is 4.00. The Balaban J connectivity index is 1.98. The minimum Gasteiger partial charge on any atom is -0.395 e. The van der Waals surface area contributed by atoms with Crippen molar-refractivity contribution >= 4 is 17.3 Å². The summed E-state index contributed by atoms with van der Waals surface area (Å²) in [5.74, 6) is -0.271. The maximum absolute atomic E-state index is 12.7. The van der Waals surface area contributed by atoms with Crippen LogP contribution in [0.3, 0.4) is 0 Å². The second kappa shape index (κ2) is 6.09. The third-order valence-corrected chi connectivity index (χ3v) is 3.64. The Morgan fingerprint density at radius 3 is 2.27 bits per heavy atom. The summed E-state index contributed by atoms with van der Waals surface area (Å²) in [7, 11) is 0. The molecule has 3 rings (SSSR count). The summed E-state index contributed by atoms with van der Waals surface area (Å²) in [6.07, 6.45) is 0. The van der Waals surface area contributed by atoms with Crippen molar-refractivity contribution in [1.82, 2.24) is 5.32 Å². The number of ketones is 2. The van der Waals surface area contributed by atoms with Crippen LogP contribution in [0, 0.1) is 0 Å². The Morgan fingerprint density at radius 2 is 1.55 bits per heavy atom. The minimum absolute atomic E-state index is 0.0410. The molecular formula is C17H16N2O3. The van der Waals surface area contributed by atoms with Crippen molar-refractivity contribution in [2.75, 3.05) is 25.1 Å². The highest BCUT2D eigenvalue weighted by Gasteiger charge is 2.31. The van der Waals surface area contributed by atoms with Crippen LogP contribution in [-0.4, -0.2) is 36.5 Å². The molecule has 0 atom stereocenters. The molecule has 5 heteroatoms. The van der Waals surface area contributed by atoms with E-state index in [0.717, 1.165) is 0 Å². The first-order chi connectivity index (χ1) is 10.7. The summed E-state index contributed by atoms with van der Waals surface area (Å²) in [4.78, 5) is 25.3. The normalized spacial score (nSPS) is 12.8. The van der Waals surface area contributed by atoms with E-state index in [1.54, 1.807) is 42.5 Å². The zero-order chi connectivity index (χ0) is 15.5. The molecule has 0 spiro atoms. The molecule has 2 aromatic rings. The molecule has 112 valence electrons. The largest absolute Gasteiger partial charge is 0.395 e. The molecule has 0 radical (unpaired) electrons. The molecule has 0 saturated carbocycles. The standard InChI is InChI=1S/C17H16N2O3/c20-9-8-18-10-19-14-7-3-6-13-15(14)17(22)12-5-2-1-4-11(12)16(13)21/h1-7,18-20H,8-10H2. The highest BCUT2D eigenvalue weighted by molar-refractivity contribution is 6.30. The lowest BCUT2D eigenvalue weighted by Crippen LogP contribution is -2.27. The quantitative estimate of drug-likeness (QED) is 0.490. The van der Waals surface area contributed by atoms with Crippen molar-refractivity contribution in [2.24, 2.45) is 0 Å². The number of aliphatic hydroxyl groups is 1. The fourth-order valence-corrected chi connectivity index (χ4v) is 2.62. The van der Waals surface area contributed by atoms with Gasteiger partial charge in [0.15, 0.2) is 11.6 Å². The van der Waals surface area contributed by atoms with Crippen LogP contribution in [0.5, 0.6) is 0 Å². The van der Waals surface area contributed by atoms with Gasteiger partial charge in [0, 0.05) is 28.9 Å². The number of rotatable bonds is 5. The maximum atomic E-state index is 12.7. The van der Waals surface area contributed by atoms with Gasteiger partial charge in [0.05, 0.1) is 18.8 Å². The van der Waals surface area contributed by atoms with Crippen molar-refractivity contribution in [1.29, 1.82) is 0 Å². The van der Waals surface area contributed by atoms with Crippen molar-refractivity contribution in [3.8, 4) is 0 Å². The fraction of sp³-hybridized carbons (Fsp3) is 0.176. The van der Waals surface area contributed by atoms with Gasteiger partial charge in [-0.1, -0.05) is 36.4 Å². The van der Waals surface area contributed by atoms with Gasteiger partial charge in [-0.15, -0.1) is 0 Å². The van der Waals surface area contributed by atoms with Crippen LogP contribution in [0.4, 0.5) is 5.69 Å². The molecule has 0 fully saturated rings. The van der Waals surface area contributed by atoms with E-state index in [1.807, 2.05) is 0 Å². The fourth-order valence-electron chi connectivity index (χ4n) is 2.62. The molecule has 1 aliphatic rings. The van der Waals surface area contributed by atoms with Crippen molar-refractivity contribution in [2.45, 2.75) is 0 Å². The van der Waals surface area contributed by atoms with Gasteiger partial charge < -0.3 is 10.4 Å². The van der Waals surface area contributed by atoms with Gasteiger partial charge >= 0.3 is 0 Å². The molecule has 0 unspecified atom stereocenters. The van der Waals surface area contributed by atoms with Crippen LogP contribution in [0.15, 0.2) is 42.5 Å². The number of aliphatic hydroxyl groups excluding tert-OH is 1. The number of carbonyl (C=O) groups excluding carboxylic acids is 2. The first kappa shape index (κ1) is 14.4. The van der Waals surface area contributed by atoms with E-state index in [2.05, 4.69) is 10.6 Å². The van der Waals surface area contributed by atoms with Crippen LogP contribution in [0.1, 0.15) is 31.8 Å². The van der Waals surface area contributed by atoms with E-state index in [-0.39, 0.29) is 18.2 Å². The lowest BCUT2D eigenvalue weighted by molar-refractivity contribution is 0.0979. The smallest absolute Gasteiger partial charge is 0.196 e. The second-order valence-corrected chi connectivity index (χ2v) is 5.01. The number of anilines is 1. The Labute approximate surface area is 128 Å². The monoisotopic (exact) mass is 296 g/mol.